The summed E-state index contributed by atoms with van der Waals surface area (Å²) in [5.41, 5.74) is 1.79. The van der Waals surface area contributed by atoms with Gasteiger partial charge in [0.25, 0.3) is 0 Å². The number of aryl methyl sites for hydroxylation is 2. The molecule has 23 heavy (non-hydrogen) atoms. The molecule has 1 aliphatic rings. The maximum Gasteiger partial charge on any atom is 0.306 e. The molecule has 1 saturated carbocycles. The number of methoxy groups -OCH3 is 1. The maximum atomic E-state index is 12.4. The third-order valence-corrected chi connectivity index (χ3v) is 4.53. The Hall–Kier alpha value is -2.05. The van der Waals surface area contributed by atoms with Gasteiger partial charge in [-0.25, -0.2) is 4.68 Å². The molecule has 2 rings (SSSR count). The van der Waals surface area contributed by atoms with E-state index in [4.69, 9.17) is 9.84 Å². The van der Waals surface area contributed by atoms with Crippen LogP contribution in [0.2, 0.25) is 0 Å². The van der Waals surface area contributed by atoms with Crippen LogP contribution in [0.25, 0.3) is 0 Å². The molecule has 1 amide bonds. The molecular formula is C16H25N3O4. The van der Waals surface area contributed by atoms with Crippen molar-refractivity contribution in [3.63, 3.8) is 0 Å². The van der Waals surface area contributed by atoms with Gasteiger partial charge in [-0.15, -0.1) is 0 Å². The summed E-state index contributed by atoms with van der Waals surface area (Å²) in [7, 11) is 3.39. The molecule has 0 aliphatic heterocycles. The van der Waals surface area contributed by atoms with Crippen LogP contribution in [0.5, 0.6) is 5.88 Å². The lowest BCUT2D eigenvalue weighted by atomic mass is 9.81. The summed E-state index contributed by atoms with van der Waals surface area (Å²) in [5, 5.41) is 16.4. The topological polar surface area (TPSA) is 93.5 Å². The average Bonchev–Trinajstić information content (AvgIpc) is 2.87. The molecular weight excluding hydrogens is 298 g/mol. The lowest BCUT2D eigenvalue weighted by Crippen LogP contribution is -2.35. The molecule has 0 saturated heterocycles. The number of aromatic nitrogens is 2. The number of amides is 1. The third-order valence-electron chi connectivity index (χ3n) is 4.53. The molecule has 7 heteroatoms. The van der Waals surface area contributed by atoms with E-state index in [0.29, 0.717) is 25.3 Å². The van der Waals surface area contributed by atoms with Gasteiger partial charge in [0.1, 0.15) is 0 Å². The molecule has 1 heterocycles. The molecule has 2 unspecified atom stereocenters. The van der Waals surface area contributed by atoms with Gasteiger partial charge in [-0.3, -0.25) is 9.59 Å². The predicted molar refractivity (Wildman–Crippen MR) is 84.1 cm³/mol. The molecule has 2 N–H and O–H groups in total. The average molecular weight is 323 g/mol. The Labute approximate surface area is 136 Å². The first-order valence-electron chi connectivity index (χ1n) is 8.07. The highest BCUT2D eigenvalue weighted by molar-refractivity contribution is 5.80. The maximum absolute atomic E-state index is 12.4. The summed E-state index contributed by atoms with van der Waals surface area (Å²) in [4.78, 5) is 23.5. The normalized spacial score (nSPS) is 21.0. The largest absolute Gasteiger partial charge is 0.481 e. The van der Waals surface area contributed by atoms with Gasteiger partial charge in [-0.1, -0.05) is 13.3 Å². The number of aliphatic carboxylic acids is 1. The van der Waals surface area contributed by atoms with E-state index in [1.165, 1.54) is 0 Å². The van der Waals surface area contributed by atoms with Gasteiger partial charge in [0, 0.05) is 19.5 Å². The van der Waals surface area contributed by atoms with Crippen molar-refractivity contribution in [1.29, 1.82) is 0 Å². The van der Waals surface area contributed by atoms with Crippen LogP contribution < -0.4 is 10.1 Å². The van der Waals surface area contributed by atoms with Gasteiger partial charge in [0.05, 0.1) is 24.3 Å². The molecule has 1 fully saturated rings. The zero-order valence-corrected chi connectivity index (χ0v) is 14.0. The minimum Gasteiger partial charge on any atom is -0.481 e. The molecule has 128 valence electrons. The van der Waals surface area contributed by atoms with E-state index in [9.17, 15) is 9.59 Å². The number of rotatable bonds is 6. The minimum atomic E-state index is -0.801. The van der Waals surface area contributed by atoms with Crippen LogP contribution in [0.15, 0.2) is 0 Å². The highest BCUT2D eigenvalue weighted by Gasteiger charge is 2.31. The van der Waals surface area contributed by atoms with E-state index in [1.54, 1.807) is 11.8 Å². The van der Waals surface area contributed by atoms with Crippen LogP contribution in [0, 0.1) is 11.8 Å². The number of carboxylic acids is 1. The molecule has 1 aromatic rings. The van der Waals surface area contributed by atoms with Crippen LogP contribution in [0.3, 0.4) is 0 Å². The smallest absolute Gasteiger partial charge is 0.306 e. The van der Waals surface area contributed by atoms with Gasteiger partial charge < -0.3 is 15.2 Å². The molecule has 0 aromatic carbocycles. The first-order chi connectivity index (χ1) is 11.0. The van der Waals surface area contributed by atoms with E-state index < -0.39 is 11.9 Å². The number of nitrogens with one attached hydrogen (secondary N) is 1. The number of hydrogen-bond donors (Lipinski definition) is 2. The second-order valence-electron chi connectivity index (χ2n) is 6.03. The first-order valence-corrected chi connectivity index (χ1v) is 8.07. The second-order valence-corrected chi connectivity index (χ2v) is 6.03. The number of carbonyl (C=O) groups is 2. The molecule has 2 atom stereocenters. The monoisotopic (exact) mass is 323 g/mol. The van der Waals surface area contributed by atoms with Crippen molar-refractivity contribution in [3.8, 4) is 5.88 Å². The highest BCUT2D eigenvalue weighted by atomic mass is 16.5. The van der Waals surface area contributed by atoms with Crippen molar-refractivity contribution in [3.05, 3.63) is 11.3 Å². The van der Waals surface area contributed by atoms with Crippen LogP contribution >= 0.6 is 0 Å². The summed E-state index contributed by atoms with van der Waals surface area (Å²) in [5.74, 6) is -0.862. The lowest BCUT2D eigenvalue weighted by molar-refractivity contribution is -0.144. The Morgan fingerprint density at radius 2 is 2.09 bits per heavy atom. The Bertz CT molecular complexity index is 582. The number of nitrogens with zero attached hydrogens (tertiary/aromatic N) is 2. The van der Waals surface area contributed by atoms with Crippen molar-refractivity contribution in [2.24, 2.45) is 18.9 Å². The highest BCUT2D eigenvalue weighted by Crippen LogP contribution is 2.29. The van der Waals surface area contributed by atoms with Crippen molar-refractivity contribution in [1.82, 2.24) is 15.1 Å². The van der Waals surface area contributed by atoms with Crippen LogP contribution in [0.4, 0.5) is 0 Å². The van der Waals surface area contributed by atoms with Gasteiger partial charge >= 0.3 is 5.97 Å². The van der Waals surface area contributed by atoms with Crippen molar-refractivity contribution in [2.45, 2.75) is 45.6 Å². The lowest BCUT2D eigenvalue weighted by Gasteiger charge is -2.25. The quantitative estimate of drug-likeness (QED) is 0.827. The Balaban J connectivity index is 2.00. The van der Waals surface area contributed by atoms with Gasteiger partial charge in [-0.2, -0.15) is 5.10 Å². The fourth-order valence-corrected chi connectivity index (χ4v) is 3.29. The zero-order valence-electron chi connectivity index (χ0n) is 14.0. The predicted octanol–water partition coefficient (Wildman–Crippen LogP) is 1.50. The van der Waals surface area contributed by atoms with Crippen molar-refractivity contribution >= 4 is 11.9 Å². The van der Waals surface area contributed by atoms with E-state index in [2.05, 4.69) is 10.4 Å². The van der Waals surface area contributed by atoms with Gasteiger partial charge in [-0.05, 0) is 25.7 Å². The minimum absolute atomic E-state index is 0.0797. The molecule has 7 nitrogen and oxygen atoms in total. The fraction of sp³-hybridized carbons (Fsp3) is 0.688. The number of hydrogen-bond acceptors (Lipinski definition) is 4. The SMILES string of the molecule is CCc1nn(C)c(OC)c1CNC(=O)C1CCCC(C(=O)O)C1. The molecule has 0 radical (unpaired) electrons. The number of carbonyl (C=O) groups excluding carboxylic acids is 1. The molecule has 1 aliphatic carbocycles. The summed E-state index contributed by atoms with van der Waals surface area (Å²) in [6, 6.07) is 0. The Morgan fingerprint density at radius 3 is 2.70 bits per heavy atom. The van der Waals surface area contributed by atoms with Crippen molar-refractivity contribution in [2.75, 3.05) is 7.11 Å². The van der Waals surface area contributed by atoms with Crippen LogP contribution in [-0.4, -0.2) is 33.9 Å². The van der Waals surface area contributed by atoms with E-state index >= 15 is 0 Å². The molecule has 1 aromatic heterocycles. The van der Waals surface area contributed by atoms with Crippen molar-refractivity contribution < 1.29 is 19.4 Å². The van der Waals surface area contributed by atoms with E-state index in [1.807, 2.05) is 14.0 Å². The first kappa shape index (κ1) is 17.3. The summed E-state index contributed by atoms with van der Waals surface area (Å²) < 4.78 is 7.02. The summed E-state index contributed by atoms with van der Waals surface area (Å²) in [6.07, 6.45) is 3.38. The number of ether oxygens (including phenoxy) is 1. The van der Waals surface area contributed by atoms with Gasteiger partial charge in [0.2, 0.25) is 11.8 Å². The van der Waals surface area contributed by atoms with E-state index in [0.717, 1.165) is 30.5 Å². The summed E-state index contributed by atoms with van der Waals surface area (Å²) in [6.45, 7) is 2.36. The molecule has 0 spiro atoms. The van der Waals surface area contributed by atoms with Crippen LogP contribution in [-0.2, 0) is 29.6 Å². The number of carboxylic acid groups (broad SMARTS) is 1. The Kier molecular flexibility index (Phi) is 5.63. The zero-order chi connectivity index (χ0) is 17.0. The third kappa shape index (κ3) is 3.83. The standard InChI is InChI=1S/C16H25N3O4/c1-4-13-12(15(23-3)19(2)18-13)9-17-14(20)10-6-5-7-11(8-10)16(21)22/h10-11H,4-9H2,1-3H3,(H,17,20)(H,21,22). The molecule has 0 bridgehead atoms. The second kappa shape index (κ2) is 7.48. The Morgan fingerprint density at radius 1 is 1.39 bits per heavy atom. The summed E-state index contributed by atoms with van der Waals surface area (Å²) >= 11 is 0. The fourth-order valence-electron chi connectivity index (χ4n) is 3.29. The van der Waals surface area contributed by atoms with Crippen LogP contribution in [0.1, 0.15) is 43.9 Å². The van der Waals surface area contributed by atoms with Gasteiger partial charge in [0.15, 0.2) is 0 Å². The van der Waals surface area contributed by atoms with E-state index in [-0.39, 0.29) is 11.8 Å².